The van der Waals surface area contributed by atoms with E-state index in [1.165, 1.54) is 12.8 Å². The van der Waals surface area contributed by atoms with Gasteiger partial charge in [-0.3, -0.25) is 4.90 Å². The minimum atomic E-state index is -0.121. The summed E-state index contributed by atoms with van der Waals surface area (Å²) < 4.78 is 13.8. The summed E-state index contributed by atoms with van der Waals surface area (Å²) in [6, 6.07) is 8.01. The van der Waals surface area contributed by atoms with Gasteiger partial charge in [0.1, 0.15) is 5.82 Å². The Kier molecular flexibility index (Phi) is 7.62. The van der Waals surface area contributed by atoms with Crippen molar-refractivity contribution in [2.75, 3.05) is 39.8 Å². The fourth-order valence-electron chi connectivity index (χ4n) is 3.97. The van der Waals surface area contributed by atoms with Crippen molar-refractivity contribution >= 4 is 0 Å². The number of hydrogen-bond acceptors (Lipinski definition) is 2. The molecule has 0 aliphatic carbocycles. The molecule has 0 unspecified atom stereocenters. The van der Waals surface area contributed by atoms with Crippen LogP contribution in [0.1, 0.15) is 31.4 Å². The van der Waals surface area contributed by atoms with E-state index in [0.717, 1.165) is 38.3 Å². The Morgan fingerprint density at radius 2 is 1.96 bits per heavy atom. The Balaban J connectivity index is 0.00000192. The molecule has 0 amide bonds. The van der Waals surface area contributed by atoms with Crippen molar-refractivity contribution in [1.29, 1.82) is 0 Å². The normalized spacial score (nSPS) is 25.8. The Hall–Kier alpha value is 0.134. The van der Waals surface area contributed by atoms with Crippen LogP contribution in [0.25, 0.3) is 5.32 Å². The maximum Gasteiger partial charge on any atom is 0.123 e. The topological polar surface area (TPSA) is 20.6 Å². The fraction of sp³-hybridized carbons (Fsp3) is 0.667. The summed E-state index contributed by atoms with van der Waals surface area (Å²) in [4.78, 5) is 4.96. The maximum absolute atomic E-state index is 13.8. The van der Waals surface area contributed by atoms with Gasteiger partial charge < -0.3 is 10.2 Å². The summed E-state index contributed by atoms with van der Waals surface area (Å²) in [7, 11) is 2.19. The van der Waals surface area contributed by atoms with Crippen molar-refractivity contribution in [3.63, 3.8) is 0 Å². The molecule has 1 aromatic carbocycles. The standard InChI is InChI=1S/C18H27FN3.Y/c1-14-13-20-8-11-22(14)18(15-6-9-21(2)10-7-15)16-4-3-5-17(19)12-16;/h3-5,12,14-15,18H,6-11,13H2,1-2H3;/q-1;/t14-,18+;/m0./s1. The van der Waals surface area contributed by atoms with E-state index in [9.17, 15) is 4.39 Å². The van der Waals surface area contributed by atoms with Crippen LogP contribution in [0.3, 0.4) is 0 Å². The van der Waals surface area contributed by atoms with Crippen molar-refractivity contribution in [1.82, 2.24) is 9.80 Å². The van der Waals surface area contributed by atoms with Crippen LogP contribution in [0.2, 0.25) is 0 Å². The number of benzene rings is 1. The second-order valence-corrected chi connectivity index (χ2v) is 6.86. The first-order chi connectivity index (χ1) is 10.6. The summed E-state index contributed by atoms with van der Waals surface area (Å²) >= 11 is 0. The van der Waals surface area contributed by atoms with E-state index in [1.807, 2.05) is 6.07 Å². The Bertz CT molecular complexity index is 491. The number of rotatable bonds is 3. The molecule has 2 saturated heterocycles. The largest absolute Gasteiger partial charge is 0.660 e. The van der Waals surface area contributed by atoms with Crippen molar-refractivity contribution in [3.05, 3.63) is 41.0 Å². The van der Waals surface area contributed by atoms with E-state index in [-0.39, 0.29) is 38.5 Å². The molecule has 3 nitrogen and oxygen atoms in total. The van der Waals surface area contributed by atoms with Crippen LogP contribution in [0.5, 0.6) is 0 Å². The summed E-state index contributed by atoms with van der Waals surface area (Å²) in [6.07, 6.45) is 2.39. The third-order valence-corrected chi connectivity index (χ3v) is 5.23. The molecule has 2 aliphatic heterocycles. The molecule has 5 heteroatoms. The molecule has 0 spiro atoms. The van der Waals surface area contributed by atoms with Gasteiger partial charge in [0.2, 0.25) is 0 Å². The molecule has 125 valence electrons. The van der Waals surface area contributed by atoms with E-state index in [4.69, 9.17) is 0 Å². The van der Waals surface area contributed by atoms with Crippen molar-refractivity contribution in [2.45, 2.75) is 31.8 Å². The number of halogens is 1. The van der Waals surface area contributed by atoms with Gasteiger partial charge in [-0.15, -0.1) is 13.1 Å². The average molecular weight is 393 g/mol. The predicted molar refractivity (Wildman–Crippen MR) is 88.6 cm³/mol. The molecule has 3 rings (SSSR count). The summed E-state index contributed by atoms with van der Waals surface area (Å²) in [5.41, 5.74) is 1.14. The molecule has 2 aliphatic rings. The van der Waals surface area contributed by atoms with E-state index in [0.29, 0.717) is 18.0 Å². The molecule has 1 radical (unpaired) electrons. The van der Waals surface area contributed by atoms with E-state index >= 15 is 0 Å². The van der Waals surface area contributed by atoms with Crippen LogP contribution in [0.15, 0.2) is 24.3 Å². The molecule has 0 N–H and O–H groups in total. The van der Waals surface area contributed by atoms with Gasteiger partial charge in [-0.05, 0) is 69.2 Å². The van der Waals surface area contributed by atoms with Crippen molar-refractivity contribution in [2.24, 2.45) is 5.92 Å². The summed E-state index contributed by atoms with van der Waals surface area (Å²) in [6.45, 7) is 7.34. The minimum Gasteiger partial charge on any atom is -0.660 e. The van der Waals surface area contributed by atoms with Crippen LogP contribution in [-0.4, -0.2) is 55.6 Å². The van der Waals surface area contributed by atoms with Crippen molar-refractivity contribution < 1.29 is 37.1 Å². The number of piperazine rings is 1. The smallest absolute Gasteiger partial charge is 0.123 e. The van der Waals surface area contributed by atoms with Gasteiger partial charge in [-0.25, -0.2) is 4.39 Å². The molecule has 2 fully saturated rings. The molecular weight excluding hydrogens is 366 g/mol. The first-order valence-electron chi connectivity index (χ1n) is 8.48. The average Bonchev–Trinajstić information content (AvgIpc) is 2.51. The molecule has 2 heterocycles. The van der Waals surface area contributed by atoms with Crippen LogP contribution in [-0.2, 0) is 32.7 Å². The number of hydrogen-bond donors (Lipinski definition) is 0. The molecule has 0 aromatic heterocycles. The SMILES string of the molecule is C[C@H]1C[N-]CCN1[C@@H](c1cccc(F)c1)C1CCN(C)CC1.[Y]. The number of piperidine rings is 1. The predicted octanol–water partition coefficient (Wildman–Crippen LogP) is 3.28. The monoisotopic (exact) mass is 393 g/mol. The minimum absolute atomic E-state index is 0. The van der Waals surface area contributed by atoms with Crippen LogP contribution >= 0.6 is 0 Å². The molecule has 23 heavy (non-hydrogen) atoms. The molecule has 0 bridgehead atoms. The van der Waals surface area contributed by atoms with Crippen LogP contribution in [0.4, 0.5) is 4.39 Å². The van der Waals surface area contributed by atoms with Crippen molar-refractivity contribution in [3.8, 4) is 0 Å². The van der Waals surface area contributed by atoms with E-state index in [2.05, 4.69) is 35.2 Å². The first kappa shape index (κ1) is 19.5. The van der Waals surface area contributed by atoms with Gasteiger partial charge in [0.25, 0.3) is 0 Å². The zero-order chi connectivity index (χ0) is 15.5. The molecule has 1 aromatic rings. The molecule has 0 saturated carbocycles. The molecular formula is C18H27FN3Y-. The van der Waals surface area contributed by atoms with Gasteiger partial charge in [0.05, 0.1) is 0 Å². The van der Waals surface area contributed by atoms with Crippen LogP contribution in [0, 0.1) is 11.7 Å². The van der Waals surface area contributed by atoms with Gasteiger partial charge in [0, 0.05) is 38.8 Å². The fourth-order valence-corrected chi connectivity index (χ4v) is 3.97. The summed E-state index contributed by atoms with van der Waals surface area (Å²) in [5, 5.41) is 4.54. The van der Waals surface area contributed by atoms with E-state index in [1.54, 1.807) is 12.1 Å². The second-order valence-electron chi connectivity index (χ2n) is 6.86. The number of nitrogens with zero attached hydrogens (tertiary/aromatic N) is 3. The maximum atomic E-state index is 13.8. The Labute approximate surface area is 164 Å². The zero-order valence-corrected chi connectivity index (χ0v) is 17.1. The molecule has 2 atom stereocenters. The van der Waals surface area contributed by atoms with E-state index < -0.39 is 0 Å². The number of likely N-dealkylation sites (tertiary alicyclic amines) is 1. The first-order valence-corrected chi connectivity index (χ1v) is 8.48. The zero-order valence-electron chi connectivity index (χ0n) is 14.3. The third kappa shape index (κ3) is 4.82. The van der Waals surface area contributed by atoms with Gasteiger partial charge in [-0.1, -0.05) is 19.1 Å². The van der Waals surface area contributed by atoms with Gasteiger partial charge >= 0.3 is 0 Å². The van der Waals surface area contributed by atoms with Gasteiger partial charge in [-0.2, -0.15) is 0 Å². The quantitative estimate of drug-likeness (QED) is 0.786. The van der Waals surface area contributed by atoms with Crippen LogP contribution < -0.4 is 0 Å². The third-order valence-electron chi connectivity index (χ3n) is 5.23. The Morgan fingerprint density at radius 3 is 2.61 bits per heavy atom. The Morgan fingerprint density at radius 1 is 1.22 bits per heavy atom. The second kappa shape index (κ2) is 9.00. The summed E-state index contributed by atoms with van der Waals surface area (Å²) in [5.74, 6) is 0.489. The van der Waals surface area contributed by atoms with Gasteiger partial charge in [0.15, 0.2) is 0 Å².